The zero-order chi connectivity index (χ0) is 20.7. The van der Waals surface area contributed by atoms with E-state index in [9.17, 15) is 0 Å². The highest BCUT2D eigenvalue weighted by Crippen LogP contribution is 2.60. The summed E-state index contributed by atoms with van der Waals surface area (Å²) >= 11 is 4.33. The molecule has 0 aromatic rings. The van der Waals surface area contributed by atoms with Gasteiger partial charge in [-0.25, -0.2) is 0 Å². The molecule has 3 aliphatic carbocycles. The first-order chi connectivity index (χ1) is 14.7. The number of fused-ring (bicyclic) bond motifs is 4. The van der Waals surface area contributed by atoms with E-state index in [0.29, 0.717) is 0 Å². The van der Waals surface area contributed by atoms with Gasteiger partial charge in [-0.15, -0.1) is 30.1 Å². The number of hydrogen-bond acceptors (Lipinski definition) is 2. The van der Waals surface area contributed by atoms with Crippen LogP contribution >= 0.6 is 23.5 Å². The quantitative estimate of drug-likeness (QED) is 0.276. The van der Waals surface area contributed by atoms with E-state index in [0.717, 1.165) is 57.8 Å². The van der Waals surface area contributed by atoms with Gasteiger partial charge in [0, 0.05) is 10.5 Å². The maximum atomic E-state index is 3.95. The minimum Gasteiger partial charge on any atom is -0.130 e. The van der Waals surface area contributed by atoms with Crippen molar-refractivity contribution in [3.8, 4) is 0 Å². The highest BCUT2D eigenvalue weighted by molar-refractivity contribution is 8.04. The molecule has 0 N–H and O–H groups in total. The Kier molecular flexibility index (Phi) is 6.45. The van der Waals surface area contributed by atoms with Crippen LogP contribution in [0, 0.1) is 47.3 Å². The van der Waals surface area contributed by atoms with Crippen LogP contribution in [0.15, 0.2) is 59.4 Å². The summed E-state index contributed by atoms with van der Waals surface area (Å²) in [5, 5.41) is 4.05. The zero-order valence-electron chi connectivity index (χ0n) is 18.7. The van der Waals surface area contributed by atoms with Crippen LogP contribution in [-0.2, 0) is 0 Å². The fourth-order valence-electron chi connectivity index (χ4n) is 7.49. The maximum Gasteiger partial charge on any atom is 0.0226 e. The van der Waals surface area contributed by atoms with E-state index >= 15 is 0 Å². The van der Waals surface area contributed by atoms with Gasteiger partial charge in [-0.3, -0.25) is 0 Å². The third kappa shape index (κ3) is 3.85. The smallest absolute Gasteiger partial charge is 0.0226 e. The molecular weight excluding hydrogens is 400 g/mol. The Hall–Kier alpha value is -0.600. The summed E-state index contributed by atoms with van der Waals surface area (Å²) in [4.78, 5) is 1.58. The molecule has 2 fully saturated rings. The molecule has 30 heavy (non-hydrogen) atoms. The second-order valence-electron chi connectivity index (χ2n) is 10.5. The standard InChI is InChI=1S/C28H38S2/c1-4-5-6-7-10-20(17-24-18(2)15-21-13-14-29-27(21)24)26-22-11-8-9-12-23(22)28-25(26)16-19(3)30-28/h4,8-9,11-14,16,18,20-28H,1,5-7,10,15,17H2,2-3H3. The molecule has 2 saturated carbocycles. The Morgan fingerprint density at radius 1 is 1.10 bits per heavy atom. The number of unbranched alkanes of at least 4 members (excludes halogenated alkanes) is 2. The van der Waals surface area contributed by atoms with Crippen molar-refractivity contribution < 1.29 is 0 Å². The largest absolute Gasteiger partial charge is 0.130 e. The predicted molar refractivity (Wildman–Crippen MR) is 135 cm³/mol. The Balaban J connectivity index is 1.40. The van der Waals surface area contributed by atoms with Crippen molar-refractivity contribution in [3.05, 3.63) is 59.4 Å². The first kappa shape index (κ1) is 21.3. The van der Waals surface area contributed by atoms with Crippen LogP contribution < -0.4 is 0 Å². The van der Waals surface area contributed by atoms with Gasteiger partial charge in [-0.1, -0.05) is 62.3 Å². The summed E-state index contributed by atoms with van der Waals surface area (Å²) < 4.78 is 0. The lowest BCUT2D eigenvalue weighted by atomic mass is 9.70. The molecule has 0 amide bonds. The molecule has 162 valence electrons. The van der Waals surface area contributed by atoms with Crippen LogP contribution in [0.1, 0.15) is 52.4 Å². The maximum absolute atomic E-state index is 3.95. The first-order valence-corrected chi connectivity index (χ1v) is 14.1. The van der Waals surface area contributed by atoms with Crippen LogP contribution in [0.25, 0.3) is 0 Å². The Morgan fingerprint density at radius 3 is 2.77 bits per heavy atom. The SMILES string of the molecule is C=CCCCCC(CC1C(C)CC2C=CSC21)C1C2C=CC=CC2C2SC(C)=CC21. The average Bonchev–Trinajstić information content (AvgIpc) is 3.46. The molecule has 0 saturated heterocycles. The van der Waals surface area contributed by atoms with Crippen LogP contribution in [0.2, 0.25) is 0 Å². The van der Waals surface area contributed by atoms with Crippen molar-refractivity contribution >= 4 is 23.5 Å². The molecule has 0 radical (unpaired) electrons. The van der Waals surface area contributed by atoms with Gasteiger partial charge in [0.2, 0.25) is 0 Å². The monoisotopic (exact) mass is 438 g/mol. The zero-order valence-corrected chi connectivity index (χ0v) is 20.3. The van der Waals surface area contributed by atoms with E-state index in [1.54, 1.807) is 4.91 Å². The number of hydrogen-bond donors (Lipinski definition) is 0. The van der Waals surface area contributed by atoms with E-state index in [-0.39, 0.29) is 0 Å². The van der Waals surface area contributed by atoms with E-state index in [1.807, 2.05) is 0 Å². The normalized spacial score (nSPS) is 44.1. The third-order valence-corrected chi connectivity index (χ3v) is 11.5. The van der Waals surface area contributed by atoms with Crippen LogP contribution in [0.4, 0.5) is 0 Å². The van der Waals surface area contributed by atoms with Gasteiger partial charge >= 0.3 is 0 Å². The van der Waals surface area contributed by atoms with E-state index < -0.39 is 0 Å². The van der Waals surface area contributed by atoms with Gasteiger partial charge in [-0.05, 0) is 90.3 Å². The molecule has 2 heterocycles. The summed E-state index contributed by atoms with van der Waals surface area (Å²) in [6, 6.07) is 0. The minimum absolute atomic E-state index is 0.746. The summed E-state index contributed by atoms with van der Waals surface area (Å²) in [5.41, 5.74) is 0. The van der Waals surface area contributed by atoms with Crippen molar-refractivity contribution in [1.29, 1.82) is 0 Å². The average molecular weight is 439 g/mol. The summed E-state index contributed by atoms with van der Waals surface area (Å²) in [5.74, 6) is 6.62. The van der Waals surface area contributed by atoms with Crippen LogP contribution in [0.3, 0.4) is 0 Å². The molecule has 0 aromatic carbocycles. The first-order valence-electron chi connectivity index (χ1n) is 12.3. The molecule has 10 unspecified atom stereocenters. The topological polar surface area (TPSA) is 0 Å². The van der Waals surface area contributed by atoms with Crippen molar-refractivity contribution in [2.45, 2.75) is 62.9 Å². The van der Waals surface area contributed by atoms with E-state index in [2.05, 4.69) is 91.9 Å². The minimum atomic E-state index is 0.746. The summed E-state index contributed by atoms with van der Waals surface area (Å²) in [7, 11) is 0. The van der Waals surface area contributed by atoms with Crippen LogP contribution in [0.5, 0.6) is 0 Å². The molecule has 2 heteroatoms. The number of allylic oxidation sites excluding steroid dienone is 8. The Labute approximate surface area is 192 Å². The lowest BCUT2D eigenvalue weighted by Crippen LogP contribution is -2.30. The Bertz CT molecular complexity index is 759. The Morgan fingerprint density at radius 2 is 1.93 bits per heavy atom. The predicted octanol–water partition coefficient (Wildman–Crippen LogP) is 8.26. The molecule has 2 aliphatic heterocycles. The van der Waals surface area contributed by atoms with Gasteiger partial charge in [-0.2, -0.15) is 0 Å². The lowest BCUT2D eigenvalue weighted by Gasteiger charge is -2.36. The van der Waals surface area contributed by atoms with Gasteiger partial charge in [0.1, 0.15) is 0 Å². The molecule has 5 rings (SSSR count). The third-order valence-electron chi connectivity index (χ3n) is 8.75. The van der Waals surface area contributed by atoms with Crippen molar-refractivity contribution in [3.63, 3.8) is 0 Å². The van der Waals surface area contributed by atoms with Crippen molar-refractivity contribution in [2.24, 2.45) is 47.3 Å². The van der Waals surface area contributed by atoms with Gasteiger partial charge in [0.15, 0.2) is 0 Å². The highest BCUT2D eigenvalue weighted by Gasteiger charge is 2.53. The summed E-state index contributed by atoms with van der Waals surface area (Å²) in [6.45, 7) is 8.85. The lowest BCUT2D eigenvalue weighted by molar-refractivity contribution is 0.180. The second kappa shape index (κ2) is 9.10. The molecule has 0 spiro atoms. The molecular formula is C28H38S2. The van der Waals surface area contributed by atoms with E-state index in [1.165, 1.54) is 38.5 Å². The van der Waals surface area contributed by atoms with Crippen LogP contribution in [-0.4, -0.2) is 10.5 Å². The van der Waals surface area contributed by atoms with Gasteiger partial charge in [0.25, 0.3) is 0 Å². The molecule has 0 nitrogen and oxygen atoms in total. The molecule has 0 aromatic heterocycles. The van der Waals surface area contributed by atoms with Gasteiger partial charge < -0.3 is 0 Å². The fraction of sp³-hybridized carbons (Fsp3) is 0.643. The van der Waals surface area contributed by atoms with E-state index in [4.69, 9.17) is 0 Å². The summed E-state index contributed by atoms with van der Waals surface area (Å²) in [6.07, 6.45) is 25.2. The number of thioether (sulfide) groups is 2. The van der Waals surface area contributed by atoms with Crippen molar-refractivity contribution in [2.75, 3.05) is 0 Å². The molecule has 10 atom stereocenters. The fourth-order valence-corrected chi connectivity index (χ4v) is 10.5. The molecule has 5 aliphatic rings. The van der Waals surface area contributed by atoms with Gasteiger partial charge in [0.05, 0.1) is 0 Å². The number of rotatable bonds is 8. The highest BCUT2D eigenvalue weighted by atomic mass is 32.2. The molecule has 0 bridgehead atoms. The second-order valence-corrected chi connectivity index (χ2v) is 13.0. The van der Waals surface area contributed by atoms with Crippen molar-refractivity contribution in [1.82, 2.24) is 0 Å².